The third-order valence-electron chi connectivity index (χ3n) is 1.78. The van der Waals surface area contributed by atoms with Gasteiger partial charge in [-0.2, -0.15) is 0 Å². The molecule has 0 aromatic carbocycles. The topological polar surface area (TPSA) is 40.5 Å². The van der Waals surface area contributed by atoms with Crippen LogP contribution in [-0.4, -0.2) is 16.0 Å². The van der Waals surface area contributed by atoms with Crippen LogP contribution in [0.1, 0.15) is 19.8 Å². The van der Waals surface area contributed by atoms with Gasteiger partial charge in [-0.1, -0.05) is 25.2 Å². The predicted octanol–water partition coefficient (Wildman–Crippen LogP) is 0.964. The Hall–Kier alpha value is -0.600. The van der Waals surface area contributed by atoms with Gasteiger partial charge in [0.15, 0.2) is 5.79 Å². The lowest BCUT2D eigenvalue weighted by Crippen LogP contribution is -2.28. The minimum Gasteiger partial charge on any atom is -0.362 e. The fourth-order valence-electron chi connectivity index (χ4n) is 0.971. The molecule has 56 valence electrons. The standard InChI is InChI=1S/C8H12O2/c1-2-8(9,10)7-5-3-4-6-7/h3-5,9-10H,2,6H2,1H3. The Morgan fingerprint density at radius 2 is 2.30 bits per heavy atom. The first-order chi connectivity index (χ1) is 4.67. The van der Waals surface area contributed by atoms with Gasteiger partial charge in [0.05, 0.1) is 0 Å². The summed E-state index contributed by atoms with van der Waals surface area (Å²) in [6, 6.07) is 0. The zero-order chi connectivity index (χ0) is 7.61. The number of aliphatic hydroxyl groups is 2. The lowest BCUT2D eigenvalue weighted by Gasteiger charge is -2.20. The quantitative estimate of drug-likeness (QED) is 0.561. The van der Waals surface area contributed by atoms with Crippen LogP contribution in [0.5, 0.6) is 0 Å². The summed E-state index contributed by atoms with van der Waals surface area (Å²) in [7, 11) is 0. The maximum atomic E-state index is 9.27. The Bertz CT molecular complexity index is 178. The van der Waals surface area contributed by atoms with E-state index in [4.69, 9.17) is 0 Å². The Labute approximate surface area is 60.5 Å². The van der Waals surface area contributed by atoms with Crippen molar-refractivity contribution in [3.63, 3.8) is 0 Å². The molecular formula is C8H12O2. The van der Waals surface area contributed by atoms with Gasteiger partial charge in [-0.15, -0.1) is 0 Å². The third kappa shape index (κ3) is 1.28. The lowest BCUT2D eigenvalue weighted by molar-refractivity contribution is -0.130. The molecule has 2 nitrogen and oxygen atoms in total. The minimum atomic E-state index is -1.58. The molecule has 0 aromatic rings. The molecule has 0 fully saturated rings. The molecule has 2 heteroatoms. The SMILES string of the molecule is CCC(O)(O)C1=CC=CC1. The zero-order valence-electron chi connectivity index (χ0n) is 6.04. The van der Waals surface area contributed by atoms with Crippen molar-refractivity contribution in [1.29, 1.82) is 0 Å². The maximum absolute atomic E-state index is 9.27. The molecule has 0 spiro atoms. The van der Waals surface area contributed by atoms with Crippen LogP contribution in [0, 0.1) is 0 Å². The molecule has 0 aromatic heterocycles. The van der Waals surface area contributed by atoms with Crippen LogP contribution in [0.3, 0.4) is 0 Å². The van der Waals surface area contributed by atoms with Gasteiger partial charge in [0.1, 0.15) is 0 Å². The first-order valence-corrected chi connectivity index (χ1v) is 3.48. The molecule has 2 N–H and O–H groups in total. The van der Waals surface area contributed by atoms with Crippen LogP contribution in [0.15, 0.2) is 23.8 Å². The molecule has 1 rings (SSSR count). The van der Waals surface area contributed by atoms with Gasteiger partial charge < -0.3 is 10.2 Å². The monoisotopic (exact) mass is 140 g/mol. The van der Waals surface area contributed by atoms with Crippen LogP contribution >= 0.6 is 0 Å². The van der Waals surface area contributed by atoms with Crippen LogP contribution in [0.4, 0.5) is 0 Å². The van der Waals surface area contributed by atoms with E-state index in [1.165, 1.54) is 0 Å². The van der Waals surface area contributed by atoms with Crippen molar-refractivity contribution < 1.29 is 10.2 Å². The first-order valence-electron chi connectivity index (χ1n) is 3.48. The van der Waals surface area contributed by atoms with Gasteiger partial charge in [0, 0.05) is 6.42 Å². The molecule has 0 bridgehead atoms. The summed E-state index contributed by atoms with van der Waals surface area (Å²) in [6.45, 7) is 1.75. The molecule has 0 heterocycles. The van der Waals surface area contributed by atoms with Crippen molar-refractivity contribution in [3.05, 3.63) is 23.8 Å². The molecule has 0 amide bonds. The van der Waals surface area contributed by atoms with Crippen molar-refractivity contribution in [2.75, 3.05) is 0 Å². The molecule has 0 saturated carbocycles. The van der Waals surface area contributed by atoms with Crippen LogP contribution in [-0.2, 0) is 0 Å². The summed E-state index contributed by atoms with van der Waals surface area (Å²) in [6.07, 6.45) is 6.52. The smallest absolute Gasteiger partial charge is 0.185 e. The Morgan fingerprint density at radius 1 is 1.60 bits per heavy atom. The Morgan fingerprint density at radius 3 is 2.70 bits per heavy atom. The van der Waals surface area contributed by atoms with E-state index >= 15 is 0 Å². The molecule has 0 unspecified atom stereocenters. The molecule has 0 atom stereocenters. The second kappa shape index (κ2) is 2.56. The molecule has 1 aliphatic carbocycles. The van der Waals surface area contributed by atoms with E-state index in [0.717, 1.165) is 0 Å². The molecular weight excluding hydrogens is 128 g/mol. The zero-order valence-corrected chi connectivity index (χ0v) is 6.04. The van der Waals surface area contributed by atoms with Crippen LogP contribution < -0.4 is 0 Å². The molecule has 0 aliphatic heterocycles. The summed E-state index contributed by atoms with van der Waals surface area (Å²) in [5.41, 5.74) is 0.690. The maximum Gasteiger partial charge on any atom is 0.185 e. The van der Waals surface area contributed by atoms with Crippen LogP contribution in [0.25, 0.3) is 0 Å². The van der Waals surface area contributed by atoms with Crippen molar-refractivity contribution in [2.45, 2.75) is 25.6 Å². The average Bonchev–Trinajstić information content (AvgIpc) is 2.38. The summed E-state index contributed by atoms with van der Waals surface area (Å²) in [5, 5.41) is 18.5. The van der Waals surface area contributed by atoms with E-state index in [1.807, 2.05) is 12.2 Å². The number of hydrogen-bond acceptors (Lipinski definition) is 2. The highest BCUT2D eigenvalue weighted by atomic mass is 16.5. The van der Waals surface area contributed by atoms with E-state index in [1.54, 1.807) is 13.0 Å². The summed E-state index contributed by atoms with van der Waals surface area (Å²) >= 11 is 0. The van der Waals surface area contributed by atoms with Crippen molar-refractivity contribution in [3.8, 4) is 0 Å². The van der Waals surface area contributed by atoms with E-state index in [-0.39, 0.29) is 0 Å². The molecule has 1 aliphatic rings. The number of allylic oxidation sites excluding steroid dienone is 3. The Balaban J connectivity index is 2.65. The second-order valence-electron chi connectivity index (χ2n) is 2.49. The highest BCUT2D eigenvalue weighted by molar-refractivity contribution is 5.27. The summed E-state index contributed by atoms with van der Waals surface area (Å²) in [4.78, 5) is 0. The van der Waals surface area contributed by atoms with E-state index < -0.39 is 5.79 Å². The van der Waals surface area contributed by atoms with E-state index in [9.17, 15) is 10.2 Å². The van der Waals surface area contributed by atoms with Gasteiger partial charge in [-0.25, -0.2) is 0 Å². The highest BCUT2D eigenvalue weighted by Gasteiger charge is 2.25. The third-order valence-corrected chi connectivity index (χ3v) is 1.78. The van der Waals surface area contributed by atoms with Gasteiger partial charge in [0.25, 0.3) is 0 Å². The van der Waals surface area contributed by atoms with Gasteiger partial charge in [0.2, 0.25) is 0 Å². The predicted molar refractivity (Wildman–Crippen MR) is 39.3 cm³/mol. The normalized spacial score (nSPS) is 17.7. The van der Waals surface area contributed by atoms with Crippen LogP contribution in [0.2, 0.25) is 0 Å². The second-order valence-corrected chi connectivity index (χ2v) is 2.49. The van der Waals surface area contributed by atoms with E-state index in [0.29, 0.717) is 18.4 Å². The first kappa shape index (κ1) is 7.51. The van der Waals surface area contributed by atoms with Gasteiger partial charge >= 0.3 is 0 Å². The lowest BCUT2D eigenvalue weighted by atomic mass is 10.0. The largest absolute Gasteiger partial charge is 0.362 e. The van der Waals surface area contributed by atoms with Crippen molar-refractivity contribution in [2.24, 2.45) is 0 Å². The fraction of sp³-hybridized carbons (Fsp3) is 0.500. The summed E-state index contributed by atoms with van der Waals surface area (Å²) < 4.78 is 0. The van der Waals surface area contributed by atoms with Crippen molar-refractivity contribution in [1.82, 2.24) is 0 Å². The number of rotatable bonds is 2. The van der Waals surface area contributed by atoms with Gasteiger partial charge in [-0.05, 0) is 12.0 Å². The fourth-order valence-corrected chi connectivity index (χ4v) is 0.971. The highest BCUT2D eigenvalue weighted by Crippen LogP contribution is 2.24. The van der Waals surface area contributed by atoms with Gasteiger partial charge in [-0.3, -0.25) is 0 Å². The molecule has 0 saturated heterocycles. The number of hydrogen-bond donors (Lipinski definition) is 2. The summed E-state index contributed by atoms with van der Waals surface area (Å²) in [5.74, 6) is -1.58. The minimum absolute atomic E-state index is 0.348. The Kier molecular flexibility index (Phi) is 1.92. The van der Waals surface area contributed by atoms with Crippen molar-refractivity contribution >= 4 is 0 Å². The molecule has 10 heavy (non-hydrogen) atoms. The molecule has 0 radical (unpaired) electrons. The average molecular weight is 140 g/mol. The van der Waals surface area contributed by atoms with E-state index in [2.05, 4.69) is 0 Å².